The monoisotopic (exact) mass is 395 g/mol. The summed E-state index contributed by atoms with van der Waals surface area (Å²) in [5.74, 6) is 2.78. The van der Waals surface area contributed by atoms with Gasteiger partial charge in [-0.15, -0.1) is 0 Å². The molecule has 1 N–H and O–H groups in total. The Balaban J connectivity index is 1.36. The summed E-state index contributed by atoms with van der Waals surface area (Å²) in [5, 5.41) is 3.50. The maximum Gasteiger partial charge on any atom is 0.224 e. The van der Waals surface area contributed by atoms with Gasteiger partial charge in [0.05, 0.1) is 7.11 Å². The van der Waals surface area contributed by atoms with Gasteiger partial charge < -0.3 is 15.0 Å². The normalized spacial score (nSPS) is 20.4. The molecule has 1 aromatic carbocycles. The molecule has 1 atom stereocenters. The highest BCUT2D eigenvalue weighted by Crippen LogP contribution is 2.25. The van der Waals surface area contributed by atoms with Crippen molar-refractivity contribution in [3.05, 3.63) is 42.1 Å². The van der Waals surface area contributed by atoms with Crippen molar-refractivity contribution in [3.63, 3.8) is 0 Å². The fourth-order valence-electron chi connectivity index (χ4n) is 4.51. The Bertz CT molecular complexity index is 775. The molecule has 0 aliphatic carbocycles. The minimum atomic E-state index is 0.491. The standard InChI is InChI=1S/C23H33N5O/c1-29-21-11-5-4-9-19(21)18-28-16-8-10-20(28)17-25-23-24-13-12-22(26-23)27-14-6-2-3-7-15-27/h4-5,9,11-13,20H,2-3,6-8,10,14-18H2,1H3,(H,24,25,26). The smallest absolute Gasteiger partial charge is 0.224 e. The van der Waals surface area contributed by atoms with Gasteiger partial charge in [0.1, 0.15) is 11.6 Å². The molecule has 0 saturated carbocycles. The van der Waals surface area contributed by atoms with Gasteiger partial charge in [0, 0.05) is 44.0 Å². The minimum Gasteiger partial charge on any atom is -0.496 e. The molecule has 2 aliphatic heterocycles. The molecule has 0 spiro atoms. The minimum absolute atomic E-state index is 0.491. The van der Waals surface area contributed by atoms with Crippen LogP contribution in [0.3, 0.4) is 0 Å². The van der Waals surface area contributed by atoms with E-state index in [-0.39, 0.29) is 0 Å². The molecule has 2 aromatic rings. The van der Waals surface area contributed by atoms with Gasteiger partial charge in [0.2, 0.25) is 5.95 Å². The number of ether oxygens (including phenoxy) is 1. The van der Waals surface area contributed by atoms with Crippen molar-refractivity contribution >= 4 is 11.8 Å². The lowest BCUT2D eigenvalue weighted by molar-refractivity contribution is 0.250. The van der Waals surface area contributed by atoms with Gasteiger partial charge in [-0.05, 0) is 44.4 Å². The predicted molar refractivity (Wildman–Crippen MR) is 118 cm³/mol. The van der Waals surface area contributed by atoms with Crippen LogP contribution >= 0.6 is 0 Å². The first-order chi connectivity index (χ1) is 14.3. The van der Waals surface area contributed by atoms with Gasteiger partial charge in [-0.1, -0.05) is 31.0 Å². The van der Waals surface area contributed by atoms with Crippen LogP contribution in [0.2, 0.25) is 0 Å². The Morgan fingerprint density at radius 1 is 1.03 bits per heavy atom. The van der Waals surface area contributed by atoms with E-state index in [1.165, 1.54) is 44.1 Å². The lowest BCUT2D eigenvalue weighted by Crippen LogP contribution is -2.35. The van der Waals surface area contributed by atoms with E-state index in [9.17, 15) is 0 Å². The van der Waals surface area contributed by atoms with E-state index in [2.05, 4.69) is 32.2 Å². The van der Waals surface area contributed by atoms with E-state index in [0.29, 0.717) is 6.04 Å². The van der Waals surface area contributed by atoms with Crippen LogP contribution in [0.15, 0.2) is 36.5 Å². The molecule has 0 amide bonds. The summed E-state index contributed by atoms with van der Waals surface area (Å²) in [7, 11) is 1.75. The van der Waals surface area contributed by atoms with Gasteiger partial charge >= 0.3 is 0 Å². The van der Waals surface area contributed by atoms with Crippen LogP contribution in [-0.2, 0) is 6.54 Å². The topological polar surface area (TPSA) is 53.5 Å². The second-order valence-corrected chi connectivity index (χ2v) is 8.10. The zero-order valence-electron chi connectivity index (χ0n) is 17.5. The second-order valence-electron chi connectivity index (χ2n) is 8.10. The fourth-order valence-corrected chi connectivity index (χ4v) is 4.51. The molecule has 2 saturated heterocycles. The van der Waals surface area contributed by atoms with Crippen LogP contribution in [0.5, 0.6) is 5.75 Å². The van der Waals surface area contributed by atoms with Crippen molar-refractivity contribution in [1.82, 2.24) is 14.9 Å². The number of aromatic nitrogens is 2. The number of hydrogen-bond donors (Lipinski definition) is 1. The van der Waals surface area contributed by atoms with E-state index in [0.717, 1.165) is 50.2 Å². The number of benzene rings is 1. The first kappa shape index (κ1) is 20.0. The Morgan fingerprint density at radius 3 is 2.69 bits per heavy atom. The zero-order chi connectivity index (χ0) is 19.9. The van der Waals surface area contributed by atoms with E-state index < -0.39 is 0 Å². The molecule has 29 heavy (non-hydrogen) atoms. The van der Waals surface area contributed by atoms with Crippen molar-refractivity contribution in [1.29, 1.82) is 0 Å². The van der Waals surface area contributed by atoms with E-state index in [1.807, 2.05) is 24.4 Å². The number of likely N-dealkylation sites (tertiary alicyclic amines) is 1. The molecule has 156 valence electrons. The van der Waals surface area contributed by atoms with Crippen molar-refractivity contribution in [2.75, 3.05) is 43.5 Å². The maximum absolute atomic E-state index is 5.53. The van der Waals surface area contributed by atoms with Crippen molar-refractivity contribution < 1.29 is 4.74 Å². The van der Waals surface area contributed by atoms with Gasteiger partial charge in [0.25, 0.3) is 0 Å². The third-order valence-electron chi connectivity index (χ3n) is 6.13. The first-order valence-electron chi connectivity index (χ1n) is 11.0. The third kappa shape index (κ3) is 5.18. The number of rotatable bonds is 7. The number of para-hydroxylation sites is 1. The number of hydrogen-bond acceptors (Lipinski definition) is 6. The Labute approximate surface area is 174 Å². The summed E-state index contributed by atoms with van der Waals surface area (Å²) >= 11 is 0. The van der Waals surface area contributed by atoms with Gasteiger partial charge in [-0.3, -0.25) is 4.90 Å². The summed E-state index contributed by atoms with van der Waals surface area (Å²) in [5.41, 5.74) is 1.25. The Hall–Kier alpha value is -2.34. The fraction of sp³-hybridized carbons (Fsp3) is 0.565. The van der Waals surface area contributed by atoms with E-state index in [1.54, 1.807) is 7.11 Å². The molecular weight excluding hydrogens is 362 g/mol. The lowest BCUT2D eigenvalue weighted by atomic mass is 10.1. The quantitative estimate of drug-likeness (QED) is 0.766. The lowest BCUT2D eigenvalue weighted by Gasteiger charge is -2.26. The third-order valence-corrected chi connectivity index (χ3v) is 6.13. The molecule has 2 fully saturated rings. The molecule has 2 aliphatic rings. The Kier molecular flexibility index (Phi) is 6.83. The average Bonchev–Trinajstić information content (AvgIpc) is 3.02. The molecule has 1 unspecified atom stereocenters. The van der Waals surface area contributed by atoms with Crippen LogP contribution in [0.1, 0.15) is 44.1 Å². The molecule has 0 bridgehead atoms. The highest BCUT2D eigenvalue weighted by atomic mass is 16.5. The highest BCUT2D eigenvalue weighted by molar-refractivity contribution is 5.42. The largest absolute Gasteiger partial charge is 0.496 e. The number of anilines is 2. The van der Waals surface area contributed by atoms with Crippen molar-refractivity contribution in [3.8, 4) is 5.75 Å². The average molecular weight is 396 g/mol. The molecule has 1 aromatic heterocycles. The molecule has 4 rings (SSSR count). The predicted octanol–water partition coefficient (Wildman–Crippen LogP) is 3.94. The van der Waals surface area contributed by atoms with Crippen LogP contribution in [-0.4, -0.2) is 54.2 Å². The van der Waals surface area contributed by atoms with Gasteiger partial charge in [-0.2, -0.15) is 4.98 Å². The summed E-state index contributed by atoms with van der Waals surface area (Å²) in [4.78, 5) is 14.2. The number of nitrogens with zero attached hydrogens (tertiary/aromatic N) is 4. The number of nitrogens with one attached hydrogen (secondary N) is 1. The SMILES string of the molecule is COc1ccccc1CN1CCCC1CNc1nccc(N2CCCCCC2)n1. The van der Waals surface area contributed by atoms with Gasteiger partial charge in [-0.25, -0.2) is 4.98 Å². The molecular formula is C23H33N5O. The number of methoxy groups -OCH3 is 1. The highest BCUT2D eigenvalue weighted by Gasteiger charge is 2.25. The van der Waals surface area contributed by atoms with Crippen LogP contribution in [0, 0.1) is 0 Å². The van der Waals surface area contributed by atoms with Crippen LogP contribution in [0.4, 0.5) is 11.8 Å². The Morgan fingerprint density at radius 2 is 1.86 bits per heavy atom. The van der Waals surface area contributed by atoms with Gasteiger partial charge in [0.15, 0.2) is 0 Å². The summed E-state index contributed by atoms with van der Waals surface area (Å²) < 4.78 is 5.53. The van der Waals surface area contributed by atoms with E-state index in [4.69, 9.17) is 9.72 Å². The summed E-state index contributed by atoms with van der Waals surface area (Å²) in [6.07, 6.45) is 9.49. The maximum atomic E-state index is 5.53. The first-order valence-corrected chi connectivity index (χ1v) is 11.0. The van der Waals surface area contributed by atoms with Crippen molar-refractivity contribution in [2.24, 2.45) is 0 Å². The zero-order valence-corrected chi connectivity index (χ0v) is 17.5. The summed E-state index contributed by atoms with van der Waals surface area (Å²) in [6, 6.07) is 10.9. The molecule has 6 nitrogen and oxygen atoms in total. The van der Waals surface area contributed by atoms with E-state index >= 15 is 0 Å². The van der Waals surface area contributed by atoms with Crippen LogP contribution in [0.25, 0.3) is 0 Å². The summed E-state index contributed by atoms with van der Waals surface area (Å²) in [6.45, 7) is 5.13. The molecule has 3 heterocycles. The molecule has 6 heteroatoms. The van der Waals surface area contributed by atoms with Crippen molar-refractivity contribution in [2.45, 2.75) is 51.1 Å². The van der Waals surface area contributed by atoms with Crippen LogP contribution < -0.4 is 15.0 Å². The second kappa shape index (κ2) is 9.92. The molecule has 0 radical (unpaired) electrons.